The molecular formula is C87H69ClN20O6. The highest BCUT2D eigenvalue weighted by Gasteiger charge is 2.23. The van der Waals surface area contributed by atoms with E-state index in [1.807, 2.05) is 160 Å². The molecule has 0 bridgehead atoms. The number of aromatic nitrogens is 13. The summed E-state index contributed by atoms with van der Waals surface area (Å²) in [6, 6.07) is 62.2. The van der Waals surface area contributed by atoms with E-state index in [0.717, 1.165) is 101 Å². The molecule has 0 spiro atoms. The molecule has 8 heterocycles. The molecule has 0 saturated carbocycles. The van der Waals surface area contributed by atoms with E-state index >= 15 is 0 Å². The first-order valence-electron chi connectivity index (χ1n) is 35.4. The number of benzene rings is 8. The van der Waals surface area contributed by atoms with Gasteiger partial charge in [0.1, 0.15) is 34.0 Å². The van der Waals surface area contributed by atoms with Crippen LogP contribution in [0.3, 0.4) is 0 Å². The van der Waals surface area contributed by atoms with Crippen molar-refractivity contribution in [3.63, 3.8) is 0 Å². The number of methoxy groups -OCH3 is 2. The molecule has 16 rings (SSSR count). The topological polar surface area (TPSA) is 351 Å². The van der Waals surface area contributed by atoms with E-state index in [9.17, 15) is 4.79 Å². The van der Waals surface area contributed by atoms with Gasteiger partial charge in [-0.3, -0.25) is 14.8 Å². The lowest BCUT2D eigenvalue weighted by Crippen LogP contribution is -2.10. The van der Waals surface area contributed by atoms with Gasteiger partial charge in [0.15, 0.2) is 22.6 Å². The number of pyridine rings is 2. The summed E-state index contributed by atoms with van der Waals surface area (Å²) in [7, 11) is 5.20. The fraction of sp³-hybridized carbons (Fsp3) is 0.103. The summed E-state index contributed by atoms with van der Waals surface area (Å²) in [6.07, 6.45) is 12.2. The van der Waals surface area contributed by atoms with Crippen molar-refractivity contribution in [2.75, 3.05) is 30.2 Å². The second-order valence-corrected chi connectivity index (χ2v) is 26.6. The van der Waals surface area contributed by atoms with Gasteiger partial charge in [-0.05, 0) is 254 Å². The summed E-state index contributed by atoms with van der Waals surface area (Å²) >= 11 is 6.80. The Balaban J connectivity index is 0.000000142. The summed E-state index contributed by atoms with van der Waals surface area (Å²) in [6.45, 7) is 10.4. The monoisotopic (exact) mass is 1520 g/mol. The van der Waals surface area contributed by atoms with Crippen LogP contribution in [0.2, 0.25) is 5.02 Å². The van der Waals surface area contributed by atoms with Crippen molar-refractivity contribution >= 4 is 85.8 Å². The number of aromatic amines is 1. The Morgan fingerprint density at radius 3 is 1.51 bits per heavy atom. The molecular weight excluding hydrogens is 1460 g/mol. The van der Waals surface area contributed by atoms with Crippen LogP contribution < -0.4 is 45.4 Å². The number of halogens is 1. The number of fused-ring (bicyclic) bond motifs is 3. The van der Waals surface area contributed by atoms with E-state index < -0.39 is 5.91 Å². The number of nitrogens with two attached hydrogens (primary N) is 1. The van der Waals surface area contributed by atoms with Gasteiger partial charge in [-0.15, -0.1) is 0 Å². The lowest BCUT2D eigenvalue weighted by molar-refractivity contribution is 0.1000. The van der Waals surface area contributed by atoms with Gasteiger partial charge in [0, 0.05) is 66.6 Å². The van der Waals surface area contributed by atoms with E-state index in [2.05, 4.69) is 91.1 Å². The Kier molecular flexibility index (Phi) is 22.1. The molecule has 1 amide bonds. The molecule has 0 aliphatic carbocycles. The molecule has 0 unspecified atom stereocenters. The number of primary amides is 1. The molecule has 0 atom stereocenters. The van der Waals surface area contributed by atoms with E-state index in [1.165, 1.54) is 6.33 Å². The minimum atomic E-state index is -0.458. The van der Waals surface area contributed by atoms with Crippen molar-refractivity contribution in [3.8, 4) is 98.0 Å². The van der Waals surface area contributed by atoms with Gasteiger partial charge in [0.25, 0.3) is 11.8 Å². The fourth-order valence-corrected chi connectivity index (χ4v) is 12.8. The number of ether oxygens (including phenoxy) is 5. The second kappa shape index (κ2) is 33.5. The Bertz CT molecular complexity index is 6330. The maximum atomic E-state index is 11.4. The largest absolute Gasteiger partial charge is 0.497 e. The number of hydrogen-bond donors (Lipinski definition) is 5. The first kappa shape index (κ1) is 75.2. The van der Waals surface area contributed by atoms with Gasteiger partial charge in [0.2, 0.25) is 29.6 Å². The molecule has 0 fully saturated rings. The van der Waals surface area contributed by atoms with Crippen LogP contribution in [-0.2, 0) is 13.6 Å². The number of amides is 1. The lowest BCUT2D eigenvalue weighted by atomic mass is 9.99. The highest BCUT2D eigenvalue weighted by atomic mass is 35.5. The Morgan fingerprint density at radius 1 is 0.491 bits per heavy atom. The average Bonchev–Trinajstić information content (AvgIpc) is 1.55. The maximum Gasteiger partial charge on any atom is 0.250 e. The molecule has 0 aliphatic rings. The number of nitrogens with one attached hydrogen (secondary N) is 4. The highest BCUT2D eigenvalue weighted by Crippen LogP contribution is 2.42. The van der Waals surface area contributed by atoms with Crippen molar-refractivity contribution in [1.82, 2.24) is 64.0 Å². The number of imidazole rings is 2. The number of rotatable bonds is 20. The third kappa shape index (κ3) is 17.1. The molecule has 560 valence electrons. The standard InChI is InChI=1S/C32H24ClN7O2.C28H24N6O2.C27H21N7O2/c1-20-15-24(23-11-13-35-14-12-23)16-27(33)29(20)42-31-28-30(36-19-40(28)18-22-5-9-26(41-2)10-6-22)38-32(39-31)37-25-7-3-21(17-34)4-8-25;1-17-11-20(21-13-23(35-4)16-30-15-21)12-18(2)26(17)36-27-25-24(9-10-34(25)3)32-28(33-27)31-22-7-5-19(14-29)6-8-22;1-15-11-20(18-5-7-19(8-6-18)24(29)35)12-16(2)23(15)36-26-22-25(31-14-30-22)33-27(34-26)32-21-9-3-17(13-28)4-10-21/h3-16,19H,18H2,1-2H3,(H,37,38,39);5-13,15-16H,1-4H3,(H,31,32,33);3-12,14H,1-2H3,(H2,29,35)(H2,30,31,32,33,34). The Labute approximate surface area is 658 Å². The molecule has 0 radical (unpaired) electrons. The zero-order valence-electron chi connectivity index (χ0n) is 62.7. The Morgan fingerprint density at radius 2 is 0.974 bits per heavy atom. The van der Waals surface area contributed by atoms with Crippen LogP contribution in [0.25, 0.3) is 66.7 Å². The third-order valence-corrected chi connectivity index (χ3v) is 18.5. The molecule has 6 N–H and O–H groups in total. The number of nitriles is 3. The molecule has 16 aromatic rings. The van der Waals surface area contributed by atoms with Gasteiger partial charge < -0.3 is 59.5 Å². The summed E-state index contributed by atoms with van der Waals surface area (Å²) < 4.78 is 33.7. The SMILES string of the molecule is COc1ccc(Cn2cnc3nc(Nc4ccc(C#N)cc4)nc(Oc4c(C)cc(-c5ccncc5)cc4Cl)c32)cc1.COc1cncc(-c2cc(C)c(Oc3nc(Nc4ccc(C#N)cc4)nc4ccn(C)c34)c(C)c2)c1.Cc1cc(-c2ccc(C(N)=O)cc2)cc(C)c1Oc1nc(Nc2ccc(C#N)cc2)nc2nc[nH]c12. The number of hydrogen-bond acceptors (Lipinski definition) is 22. The Hall–Kier alpha value is -15.6. The first-order valence-corrected chi connectivity index (χ1v) is 35.8. The van der Waals surface area contributed by atoms with Crippen LogP contribution in [0.1, 0.15) is 60.4 Å². The predicted molar refractivity (Wildman–Crippen MR) is 436 cm³/mol. The van der Waals surface area contributed by atoms with E-state index in [0.29, 0.717) is 115 Å². The summed E-state index contributed by atoms with van der Waals surface area (Å²) in [5, 5.41) is 37.2. The minimum absolute atomic E-state index is 0.291. The number of carbonyl (C=O) groups is 1. The van der Waals surface area contributed by atoms with Crippen LogP contribution in [0.15, 0.2) is 226 Å². The second-order valence-electron chi connectivity index (χ2n) is 26.2. The summed E-state index contributed by atoms with van der Waals surface area (Å²) in [5.74, 6) is 5.01. The van der Waals surface area contributed by atoms with Gasteiger partial charge in [-0.1, -0.05) is 35.9 Å². The van der Waals surface area contributed by atoms with E-state index in [-0.39, 0.29) is 0 Å². The number of aryl methyl sites for hydroxylation is 6. The normalized spacial score (nSPS) is 10.8. The van der Waals surface area contributed by atoms with Crippen LogP contribution in [0.4, 0.5) is 34.9 Å². The number of carbonyl (C=O) groups excluding carboxylic acids is 1. The molecule has 0 saturated heterocycles. The quantitative estimate of drug-likeness (QED) is 0.0473. The average molecular weight is 1530 g/mol. The van der Waals surface area contributed by atoms with Gasteiger partial charge in [0.05, 0.1) is 78.5 Å². The molecule has 0 aliphatic heterocycles. The summed E-state index contributed by atoms with van der Waals surface area (Å²) in [4.78, 5) is 59.4. The molecule has 27 heteroatoms. The number of nitrogens with zero attached hydrogens (tertiary/aromatic N) is 15. The first-order chi connectivity index (χ1) is 55.4. The van der Waals surface area contributed by atoms with Crippen LogP contribution >= 0.6 is 11.6 Å². The van der Waals surface area contributed by atoms with Crippen molar-refractivity contribution in [2.24, 2.45) is 12.8 Å². The lowest BCUT2D eigenvalue weighted by Gasteiger charge is -2.15. The van der Waals surface area contributed by atoms with Crippen molar-refractivity contribution in [1.29, 1.82) is 15.8 Å². The van der Waals surface area contributed by atoms with Gasteiger partial charge in [-0.25, -0.2) is 15.0 Å². The zero-order chi connectivity index (χ0) is 79.5. The van der Waals surface area contributed by atoms with Crippen molar-refractivity contribution in [2.45, 2.75) is 41.2 Å². The number of H-pyrrole nitrogens is 1. The van der Waals surface area contributed by atoms with Crippen molar-refractivity contribution in [3.05, 3.63) is 286 Å². The minimum Gasteiger partial charge on any atom is -0.497 e. The van der Waals surface area contributed by atoms with Crippen LogP contribution in [0, 0.1) is 68.6 Å². The zero-order valence-corrected chi connectivity index (χ0v) is 63.4. The van der Waals surface area contributed by atoms with Crippen LogP contribution in [0.5, 0.6) is 46.4 Å². The fourth-order valence-electron chi connectivity index (χ4n) is 12.5. The highest BCUT2D eigenvalue weighted by molar-refractivity contribution is 6.32. The summed E-state index contributed by atoms with van der Waals surface area (Å²) in [5.41, 5.74) is 24.9. The van der Waals surface area contributed by atoms with E-state index in [4.69, 9.17) is 66.8 Å². The molecule has 114 heavy (non-hydrogen) atoms. The van der Waals surface area contributed by atoms with Crippen LogP contribution in [-0.4, -0.2) is 84.1 Å². The molecule has 26 nitrogen and oxygen atoms in total. The van der Waals surface area contributed by atoms with Gasteiger partial charge >= 0.3 is 0 Å². The van der Waals surface area contributed by atoms with E-state index in [1.54, 1.807) is 112 Å². The third-order valence-electron chi connectivity index (χ3n) is 18.2. The smallest absolute Gasteiger partial charge is 0.250 e. The maximum absolute atomic E-state index is 11.4. The molecule has 8 aromatic heterocycles. The van der Waals surface area contributed by atoms with Gasteiger partial charge in [-0.2, -0.15) is 40.7 Å². The van der Waals surface area contributed by atoms with Crippen molar-refractivity contribution < 1.29 is 28.5 Å². The number of anilines is 6. The predicted octanol–water partition coefficient (Wildman–Crippen LogP) is 18.5. The molecule has 8 aromatic carbocycles.